The van der Waals surface area contributed by atoms with Crippen LogP contribution in [0.15, 0.2) is 24.4 Å². The van der Waals surface area contributed by atoms with E-state index in [2.05, 4.69) is 22.1 Å². The number of anilines is 1. The van der Waals surface area contributed by atoms with E-state index in [-0.39, 0.29) is 25.2 Å². The van der Waals surface area contributed by atoms with Crippen molar-refractivity contribution < 1.29 is 14.6 Å². The van der Waals surface area contributed by atoms with Crippen molar-refractivity contribution >= 4 is 23.5 Å². The Morgan fingerprint density at radius 3 is 2.60 bits per heavy atom. The highest BCUT2D eigenvalue weighted by Gasteiger charge is 2.44. The van der Waals surface area contributed by atoms with Crippen molar-refractivity contribution in [2.24, 2.45) is 11.3 Å². The van der Waals surface area contributed by atoms with Crippen molar-refractivity contribution in [1.29, 1.82) is 0 Å². The molecule has 1 aromatic carbocycles. The van der Waals surface area contributed by atoms with Crippen LogP contribution in [-0.2, 0) is 13.2 Å². The molecule has 188 valence electrons. The van der Waals surface area contributed by atoms with Crippen LogP contribution in [0.5, 0.6) is 5.88 Å². The van der Waals surface area contributed by atoms with Gasteiger partial charge in [-0.25, -0.2) is 4.98 Å². The molecule has 8 heteroatoms. The molecule has 0 atom stereocenters. The second-order valence-electron chi connectivity index (χ2n) is 10.7. The minimum absolute atomic E-state index is 0.114. The zero-order valence-electron chi connectivity index (χ0n) is 20.4. The first-order valence-electron chi connectivity index (χ1n) is 12.9. The van der Waals surface area contributed by atoms with Gasteiger partial charge in [0.1, 0.15) is 12.2 Å². The van der Waals surface area contributed by atoms with Crippen LogP contribution in [0.1, 0.15) is 79.8 Å². The lowest BCUT2D eigenvalue weighted by atomic mass is 9.87. The van der Waals surface area contributed by atoms with Crippen molar-refractivity contribution in [2.45, 2.75) is 77.5 Å². The number of halogens is 1. The summed E-state index contributed by atoms with van der Waals surface area (Å²) < 4.78 is 6.10. The quantitative estimate of drug-likeness (QED) is 0.565. The van der Waals surface area contributed by atoms with Crippen molar-refractivity contribution in [3.63, 3.8) is 0 Å². The third-order valence-corrected chi connectivity index (χ3v) is 8.42. The van der Waals surface area contributed by atoms with E-state index in [0.717, 1.165) is 44.3 Å². The molecule has 2 N–H and O–H groups in total. The second-order valence-corrected chi connectivity index (χ2v) is 11.1. The van der Waals surface area contributed by atoms with Crippen LogP contribution in [0.4, 0.5) is 5.95 Å². The van der Waals surface area contributed by atoms with E-state index in [4.69, 9.17) is 21.3 Å². The minimum Gasteiger partial charge on any atom is -0.472 e. The number of benzene rings is 1. The molecular weight excluding hydrogens is 464 g/mol. The fourth-order valence-electron chi connectivity index (χ4n) is 5.26. The predicted molar refractivity (Wildman–Crippen MR) is 136 cm³/mol. The number of aliphatic hydroxyl groups is 1. The maximum atomic E-state index is 13.2. The summed E-state index contributed by atoms with van der Waals surface area (Å²) in [6.45, 7) is 4.23. The normalized spacial score (nSPS) is 23.2. The van der Waals surface area contributed by atoms with Gasteiger partial charge < -0.3 is 20.1 Å². The number of carbonyl (C=O) groups is 1. The van der Waals surface area contributed by atoms with Crippen molar-refractivity contribution in [3.05, 3.63) is 46.1 Å². The summed E-state index contributed by atoms with van der Waals surface area (Å²) in [5, 5.41) is 13.0. The number of nitrogens with zero attached hydrogens (tertiary/aromatic N) is 3. The van der Waals surface area contributed by atoms with Crippen LogP contribution < -0.4 is 15.0 Å². The van der Waals surface area contributed by atoms with Gasteiger partial charge in [-0.1, -0.05) is 30.7 Å². The zero-order valence-corrected chi connectivity index (χ0v) is 21.2. The molecule has 2 aliphatic carbocycles. The standard InChI is InChI=1S/C27H35ClN4O3/c1-18-2-6-21(7-3-18)30-24(34)22-15-29-26(32-12-10-27(8-9-27)11-13-32)31-25(22)35-17-19-4-5-20(16-33)23(28)14-19/h4-5,14-15,18,21,33H,2-3,6-13,16-17H2,1H3,(H,30,34)/t18-,21-. The Morgan fingerprint density at radius 1 is 1.20 bits per heavy atom. The molecule has 1 amide bonds. The number of carbonyl (C=O) groups excluding carboxylic acids is 1. The van der Waals surface area contributed by atoms with E-state index >= 15 is 0 Å². The van der Waals surface area contributed by atoms with E-state index in [1.807, 2.05) is 6.07 Å². The van der Waals surface area contributed by atoms with Crippen molar-refractivity contribution in [2.75, 3.05) is 18.0 Å². The lowest BCUT2D eigenvalue weighted by molar-refractivity contribution is 0.0917. The van der Waals surface area contributed by atoms with Gasteiger partial charge in [-0.2, -0.15) is 4.98 Å². The fraction of sp³-hybridized carbons (Fsp3) is 0.593. The Balaban J connectivity index is 1.33. The molecule has 1 aromatic heterocycles. The van der Waals surface area contributed by atoms with Crippen LogP contribution in [0.2, 0.25) is 5.02 Å². The summed E-state index contributed by atoms with van der Waals surface area (Å²) in [4.78, 5) is 24.7. The Hall–Kier alpha value is -2.38. The number of hydrogen-bond donors (Lipinski definition) is 2. The highest BCUT2D eigenvalue weighted by atomic mass is 35.5. The summed E-state index contributed by atoms with van der Waals surface area (Å²) in [6.07, 6.45) is 10.9. The number of ether oxygens (including phenoxy) is 1. The number of amides is 1. The van der Waals surface area contributed by atoms with Crippen LogP contribution in [0, 0.1) is 11.3 Å². The molecule has 0 radical (unpaired) electrons. The van der Waals surface area contributed by atoms with Gasteiger partial charge in [0, 0.05) is 30.4 Å². The van der Waals surface area contributed by atoms with Crippen molar-refractivity contribution in [1.82, 2.24) is 15.3 Å². The predicted octanol–water partition coefficient (Wildman–Crippen LogP) is 4.89. The number of piperidine rings is 1. The highest BCUT2D eigenvalue weighted by molar-refractivity contribution is 6.31. The van der Waals surface area contributed by atoms with Gasteiger partial charge in [0.25, 0.3) is 5.91 Å². The molecule has 1 spiro atoms. The van der Waals surface area contributed by atoms with Gasteiger partial charge >= 0.3 is 0 Å². The van der Waals surface area contributed by atoms with E-state index in [1.54, 1.807) is 18.3 Å². The molecule has 2 aromatic rings. The first-order chi connectivity index (χ1) is 16.9. The van der Waals surface area contributed by atoms with Crippen molar-refractivity contribution in [3.8, 4) is 5.88 Å². The Labute approximate surface area is 212 Å². The Bertz CT molecular complexity index is 1060. The molecule has 3 fully saturated rings. The van der Waals surface area contributed by atoms with E-state index in [0.29, 0.717) is 39.3 Å². The lowest BCUT2D eigenvalue weighted by Crippen LogP contribution is -2.38. The minimum atomic E-state index is -0.185. The maximum Gasteiger partial charge on any atom is 0.258 e. The van der Waals surface area contributed by atoms with Crippen LogP contribution >= 0.6 is 11.6 Å². The summed E-state index contributed by atoms with van der Waals surface area (Å²) in [7, 11) is 0. The summed E-state index contributed by atoms with van der Waals surface area (Å²) in [5.41, 5.74) is 2.43. The number of nitrogens with one attached hydrogen (secondary N) is 1. The molecular formula is C27H35ClN4O3. The summed E-state index contributed by atoms with van der Waals surface area (Å²) >= 11 is 6.25. The number of aromatic nitrogens is 2. The largest absolute Gasteiger partial charge is 0.472 e. The van der Waals surface area contributed by atoms with Crippen LogP contribution in [0.3, 0.4) is 0 Å². The molecule has 2 saturated carbocycles. The lowest BCUT2D eigenvalue weighted by Gasteiger charge is -2.32. The number of aliphatic hydroxyl groups excluding tert-OH is 1. The maximum absolute atomic E-state index is 13.2. The third kappa shape index (κ3) is 5.72. The average molecular weight is 499 g/mol. The molecule has 3 aliphatic rings. The smallest absolute Gasteiger partial charge is 0.258 e. The average Bonchev–Trinajstić information content (AvgIpc) is 3.63. The first-order valence-corrected chi connectivity index (χ1v) is 13.3. The molecule has 1 saturated heterocycles. The van der Waals surface area contributed by atoms with Gasteiger partial charge in [0.2, 0.25) is 11.8 Å². The highest BCUT2D eigenvalue weighted by Crippen LogP contribution is 2.53. The number of rotatable bonds is 7. The SMILES string of the molecule is C[C@H]1CC[C@H](NC(=O)c2cnc(N3CCC4(CC3)CC4)nc2OCc2ccc(CO)c(Cl)c2)CC1. The molecule has 35 heavy (non-hydrogen) atoms. The van der Waals surface area contributed by atoms with Gasteiger partial charge in [-0.3, -0.25) is 4.79 Å². The molecule has 0 unspecified atom stereocenters. The van der Waals surface area contributed by atoms with Crippen LogP contribution in [0.25, 0.3) is 0 Å². The monoisotopic (exact) mass is 498 g/mol. The third-order valence-electron chi connectivity index (χ3n) is 8.06. The van der Waals surface area contributed by atoms with Gasteiger partial charge in [-0.05, 0) is 79.9 Å². The van der Waals surface area contributed by atoms with Gasteiger partial charge in [-0.15, -0.1) is 0 Å². The molecule has 2 heterocycles. The molecule has 0 bridgehead atoms. The Morgan fingerprint density at radius 2 is 1.94 bits per heavy atom. The first kappa shape index (κ1) is 24.3. The number of hydrogen-bond acceptors (Lipinski definition) is 6. The fourth-order valence-corrected chi connectivity index (χ4v) is 5.52. The molecule has 1 aliphatic heterocycles. The second kappa shape index (κ2) is 10.3. The topological polar surface area (TPSA) is 87.6 Å². The van der Waals surface area contributed by atoms with E-state index in [9.17, 15) is 9.90 Å². The van der Waals surface area contributed by atoms with Crippen LogP contribution in [-0.4, -0.2) is 40.1 Å². The van der Waals surface area contributed by atoms with Gasteiger partial charge in [0.05, 0.1) is 6.61 Å². The summed E-state index contributed by atoms with van der Waals surface area (Å²) in [6, 6.07) is 5.60. The zero-order chi connectivity index (χ0) is 24.4. The van der Waals surface area contributed by atoms with E-state index < -0.39 is 0 Å². The summed E-state index contributed by atoms with van der Waals surface area (Å²) in [5.74, 6) is 1.45. The molecule has 5 rings (SSSR count). The Kier molecular flexibility index (Phi) is 7.17. The van der Waals surface area contributed by atoms with Gasteiger partial charge in [0.15, 0.2) is 0 Å². The van der Waals surface area contributed by atoms with E-state index in [1.165, 1.54) is 25.7 Å². The molecule has 7 nitrogen and oxygen atoms in total.